The van der Waals surface area contributed by atoms with Crippen molar-refractivity contribution in [2.75, 3.05) is 13.1 Å². The number of hydrogen-bond acceptors (Lipinski definition) is 5. The summed E-state index contributed by atoms with van der Waals surface area (Å²) in [6.45, 7) is 19.1. The van der Waals surface area contributed by atoms with E-state index < -0.39 is 6.09 Å². The van der Waals surface area contributed by atoms with E-state index in [-0.39, 0.29) is 39.3 Å². The predicted molar refractivity (Wildman–Crippen MR) is 117 cm³/mol. The second kappa shape index (κ2) is 12.8. The highest BCUT2D eigenvalue weighted by Gasteiger charge is 2.48. The van der Waals surface area contributed by atoms with Crippen molar-refractivity contribution in [3.8, 4) is 0 Å². The Balaban J connectivity index is -0.000000644. The SMILES string of the molecule is C=C.CC.CC(C)C.CC1(OC(=O)NCC(=O)N2CCC[C@H]2C2OC2N)CC1.[HH].[HH]. The standard InChI is InChI=1S/C13H21N3O4.C4H10.C2H6.C2H4.2H2/c1-13(4-5-13)20-12(18)15-7-9(17)16-6-2-3-8(16)10-11(14)19-10;1-4(2)3;2*1-2;;/h8,10-11H,2-7,14H2,1H3,(H,15,18);4H,1-3H3;1-2H3;1-2H2;2*1H/t8-,10?,11?;;;;;/m0...../s1. The third-order valence-electron chi connectivity index (χ3n) is 4.24. The largest absolute Gasteiger partial charge is 0.443 e. The minimum atomic E-state index is -0.520. The molecule has 0 bridgehead atoms. The molecule has 0 aromatic rings. The molecule has 0 radical (unpaired) electrons. The van der Waals surface area contributed by atoms with E-state index in [9.17, 15) is 9.59 Å². The van der Waals surface area contributed by atoms with E-state index in [1.165, 1.54) is 0 Å². The van der Waals surface area contributed by atoms with Gasteiger partial charge in [-0.15, -0.1) is 13.2 Å². The Morgan fingerprint density at radius 1 is 1.32 bits per heavy atom. The maximum Gasteiger partial charge on any atom is 0.408 e. The maximum atomic E-state index is 12.1. The van der Waals surface area contributed by atoms with Crippen LogP contribution < -0.4 is 11.1 Å². The molecule has 2 heterocycles. The minimum absolute atomic E-state index is 0. The summed E-state index contributed by atoms with van der Waals surface area (Å²) in [4.78, 5) is 25.4. The third-order valence-corrected chi connectivity index (χ3v) is 4.24. The fourth-order valence-electron chi connectivity index (χ4n) is 2.68. The van der Waals surface area contributed by atoms with E-state index in [1.807, 2.05) is 20.8 Å². The number of epoxide rings is 1. The van der Waals surface area contributed by atoms with Gasteiger partial charge in [-0.05, 0) is 38.5 Å². The van der Waals surface area contributed by atoms with Gasteiger partial charge in [0.1, 0.15) is 24.5 Å². The van der Waals surface area contributed by atoms with Gasteiger partial charge in [0.15, 0.2) is 0 Å². The molecule has 7 heteroatoms. The molecule has 3 atom stereocenters. The molecule has 3 fully saturated rings. The van der Waals surface area contributed by atoms with Gasteiger partial charge in [0, 0.05) is 9.40 Å². The Kier molecular flexibility index (Phi) is 12.0. The Labute approximate surface area is 174 Å². The van der Waals surface area contributed by atoms with Crippen LogP contribution in [0.25, 0.3) is 0 Å². The predicted octanol–water partition coefficient (Wildman–Crippen LogP) is 3.92. The van der Waals surface area contributed by atoms with Crippen LogP contribution in [0.3, 0.4) is 0 Å². The molecule has 2 aliphatic heterocycles. The zero-order valence-electron chi connectivity index (χ0n) is 18.6. The molecule has 2 amide bonds. The number of hydrogen-bond donors (Lipinski definition) is 2. The summed E-state index contributed by atoms with van der Waals surface area (Å²) >= 11 is 0. The first kappa shape index (κ1) is 26.4. The van der Waals surface area contributed by atoms with Crippen LogP contribution in [0.1, 0.15) is 70.1 Å². The molecular formula is C21H45N3O4. The monoisotopic (exact) mass is 403 g/mol. The lowest BCUT2D eigenvalue weighted by molar-refractivity contribution is -0.131. The molecule has 7 nitrogen and oxygen atoms in total. The number of alkyl carbamates (subject to hydrolysis) is 1. The molecule has 3 aliphatic rings. The summed E-state index contributed by atoms with van der Waals surface area (Å²) in [5, 5.41) is 2.52. The molecular weight excluding hydrogens is 358 g/mol. The van der Waals surface area contributed by atoms with E-state index in [4.69, 9.17) is 15.2 Å². The van der Waals surface area contributed by atoms with Gasteiger partial charge in [0.25, 0.3) is 0 Å². The van der Waals surface area contributed by atoms with Gasteiger partial charge in [0.05, 0.1) is 6.04 Å². The van der Waals surface area contributed by atoms with E-state index >= 15 is 0 Å². The highest BCUT2D eigenvalue weighted by molar-refractivity contribution is 5.83. The fraction of sp³-hybridized carbons (Fsp3) is 0.810. The second-order valence-electron chi connectivity index (χ2n) is 7.79. The summed E-state index contributed by atoms with van der Waals surface area (Å²) in [5.74, 6) is 0.730. The Bertz CT molecular complexity index is 488. The number of nitrogens with two attached hydrogens (primary N) is 1. The van der Waals surface area contributed by atoms with Gasteiger partial charge in [-0.1, -0.05) is 34.6 Å². The van der Waals surface area contributed by atoms with Crippen LogP contribution in [0.2, 0.25) is 0 Å². The van der Waals surface area contributed by atoms with Crippen molar-refractivity contribution >= 4 is 12.0 Å². The number of nitrogens with zero attached hydrogens (tertiary/aromatic N) is 1. The van der Waals surface area contributed by atoms with Crippen LogP contribution in [0, 0.1) is 5.92 Å². The van der Waals surface area contributed by atoms with Gasteiger partial charge in [0.2, 0.25) is 5.91 Å². The normalized spacial score (nSPS) is 25.7. The molecule has 2 saturated heterocycles. The first-order valence-electron chi connectivity index (χ1n) is 10.4. The quantitative estimate of drug-likeness (QED) is 0.548. The molecule has 28 heavy (non-hydrogen) atoms. The number of nitrogens with one attached hydrogen (secondary N) is 1. The summed E-state index contributed by atoms with van der Waals surface area (Å²) in [5.41, 5.74) is 5.34. The van der Waals surface area contributed by atoms with Crippen molar-refractivity contribution in [3.05, 3.63) is 13.2 Å². The zero-order chi connectivity index (χ0) is 21.9. The van der Waals surface area contributed by atoms with E-state index in [2.05, 4.69) is 39.2 Å². The number of amides is 2. The molecule has 1 saturated carbocycles. The van der Waals surface area contributed by atoms with Crippen molar-refractivity contribution in [3.63, 3.8) is 0 Å². The first-order chi connectivity index (χ1) is 13.2. The summed E-state index contributed by atoms with van der Waals surface area (Å²) in [6.07, 6.45) is 2.82. The summed E-state index contributed by atoms with van der Waals surface area (Å²) < 4.78 is 10.5. The van der Waals surface area contributed by atoms with Crippen LogP contribution in [0.4, 0.5) is 4.79 Å². The molecule has 168 valence electrons. The van der Waals surface area contributed by atoms with Crippen molar-refractivity contribution in [1.82, 2.24) is 10.2 Å². The average molecular weight is 404 g/mol. The van der Waals surface area contributed by atoms with Gasteiger partial charge in [-0.25, -0.2) is 4.79 Å². The van der Waals surface area contributed by atoms with Gasteiger partial charge in [-0.2, -0.15) is 0 Å². The van der Waals surface area contributed by atoms with Crippen molar-refractivity contribution in [2.45, 2.75) is 91.2 Å². The van der Waals surface area contributed by atoms with Gasteiger partial charge < -0.3 is 25.4 Å². The topological polar surface area (TPSA) is 97.2 Å². The minimum Gasteiger partial charge on any atom is -0.443 e. The lowest BCUT2D eigenvalue weighted by atomic mass is 10.1. The molecule has 3 rings (SSSR count). The molecule has 1 aliphatic carbocycles. The number of carbonyl (C=O) groups excluding carboxylic acids is 2. The number of ether oxygens (including phenoxy) is 2. The van der Waals surface area contributed by atoms with E-state index in [0.29, 0.717) is 6.54 Å². The second-order valence-corrected chi connectivity index (χ2v) is 7.79. The van der Waals surface area contributed by atoms with Crippen molar-refractivity contribution < 1.29 is 21.9 Å². The summed E-state index contributed by atoms with van der Waals surface area (Å²) in [6, 6.07) is 0.0521. The molecule has 0 spiro atoms. The van der Waals surface area contributed by atoms with Crippen LogP contribution in [-0.4, -0.2) is 54.0 Å². The van der Waals surface area contributed by atoms with Crippen LogP contribution in [-0.2, 0) is 14.3 Å². The molecule has 0 aromatic carbocycles. The molecule has 0 aromatic heterocycles. The number of carbonyl (C=O) groups is 2. The maximum absolute atomic E-state index is 12.1. The van der Waals surface area contributed by atoms with Crippen LogP contribution >= 0.6 is 0 Å². The van der Waals surface area contributed by atoms with Gasteiger partial charge in [-0.3, -0.25) is 4.79 Å². The Morgan fingerprint density at radius 2 is 1.82 bits per heavy atom. The zero-order valence-corrected chi connectivity index (χ0v) is 18.6. The van der Waals surface area contributed by atoms with Crippen molar-refractivity contribution in [1.29, 1.82) is 0 Å². The molecule has 2 unspecified atom stereocenters. The van der Waals surface area contributed by atoms with Crippen molar-refractivity contribution in [2.24, 2.45) is 11.7 Å². The smallest absolute Gasteiger partial charge is 0.408 e. The number of likely N-dealkylation sites (tertiary alicyclic amines) is 1. The molecule has 3 N–H and O–H groups in total. The third kappa shape index (κ3) is 9.55. The fourth-order valence-corrected chi connectivity index (χ4v) is 2.68. The van der Waals surface area contributed by atoms with Crippen LogP contribution in [0.15, 0.2) is 13.2 Å². The summed E-state index contributed by atoms with van der Waals surface area (Å²) in [7, 11) is 0. The van der Waals surface area contributed by atoms with E-state index in [0.717, 1.165) is 31.6 Å². The highest BCUT2D eigenvalue weighted by atomic mass is 16.6. The average Bonchev–Trinajstić information content (AvgIpc) is 3.50. The van der Waals surface area contributed by atoms with E-state index in [1.54, 1.807) is 4.90 Å². The lowest BCUT2D eigenvalue weighted by Gasteiger charge is -2.23. The highest BCUT2D eigenvalue weighted by Crippen LogP contribution is 2.38. The lowest BCUT2D eigenvalue weighted by Crippen LogP contribution is -2.45. The van der Waals surface area contributed by atoms with Crippen LogP contribution in [0.5, 0.6) is 0 Å². The van der Waals surface area contributed by atoms with Gasteiger partial charge >= 0.3 is 6.09 Å². The Morgan fingerprint density at radius 3 is 2.25 bits per heavy atom. The Hall–Kier alpha value is -1.60. The first-order valence-corrected chi connectivity index (χ1v) is 10.4. The number of rotatable bonds is 4.